The number of nitrogens with zero attached hydrogens (tertiary/aromatic N) is 2. The number of aliphatic carboxylic acids is 1. The van der Waals surface area contributed by atoms with Crippen molar-refractivity contribution in [2.75, 3.05) is 19.0 Å². The molecule has 0 unspecified atom stereocenters. The minimum atomic E-state index is -3.90. The smallest absolute Gasteiger partial charge is 0.321 e. The lowest BCUT2D eigenvalue weighted by Crippen LogP contribution is -2.41. The molecule has 118 valence electrons. The third-order valence-electron chi connectivity index (χ3n) is 2.79. The van der Waals surface area contributed by atoms with Gasteiger partial charge in [-0.3, -0.25) is 4.79 Å². The summed E-state index contributed by atoms with van der Waals surface area (Å²) in [6.45, 7) is 3.66. The van der Waals surface area contributed by atoms with Crippen LogP contribution < -0.4 is 9.62 Å². The van der Waals surface area contributed by atoms with Crippen molar-refractivity contribution in [2.24, 2.45) is 5.92 Å². The monoisotopic (exact) mass is 315 g/mol. The van der Waals surface area contributed by atoms with Gasteiger partial charge in [0.25, 0.3) is 0 Å². The highest BCUT2D eigenvalue weighted by Gasteiger charge is 2.26. The Labute approximate surface area is 125 Å². The van der Waals surface area contributed by atoms with E-state index in [1.807, 2.05) is 13.8 Å². The molecule has 8 heteroatoms. The number of anilines is 1. The van der Waals surface area contributed by atoms with Crippen LogP contribution in [0, 0.1) is 5.92 Å². The number of rotatable bonds is 7. The highest BCUT2D eigenvalue weighted by Crippen LogP contribution is 2.14. The van der Waals surface area contributed by atoms with E-state index >= 15 is 0 Å². The lowest BCUT2D eigenvalue weighted by molar-refractivity contribution is -0.139. The molecule has 1 rings (SSSR count). The Morgan fingerprint density at radius 1 is 1.38 bits per heavy atom. The lowest BCUT2D eigenvalue weighted by atomic mass is 10.1. The Morgan fingerprint density at radius 2 is 2.00 bits per heavy atom. The van der Waals surface area contributed by atoms with Crippen LogP contribution in [0.1, 0.15) is 20.3 Å². The quantitative estimate of drug-likeness (QED) is 0.776. The number of hydrogen-bond donors (Lipinski definition) is 2. The molecule has 0 fully saturated rings. The third-order valence-corrected chi connectivity index (χ3v) is 4.25. The zero-order chi connectivity index (χ0) is 16.2. The molecule has 0 aliphatic rings. The number of nitrogens with one attached hydrogen (secondary N) is 1. The Hall–Kier alpha value is -1.67. The first kappa shape index (κ1) is 17.4. The van der Waals surface area contributed by atoms with Crippen molar-refractivity contribution in [3.05, 3.63) is 18.3 Å². The molecular weight excluding hydrogens is 294 g/mol. The van der Waals surface area contributed by atoms with Crippen LogP contribution in [0.15, 0.2) is 23.2 Å². The van der Waals surface area contributed by atoms with E-state index in [4.69, 9.17) is 5.11 Å². The molecule has 7 nitrogen and oxygen atoms in total. The van der Waals surface area contributed by atoms with E-state index in [0.29, 0.717) is 5.82 Å². The topological polar surface area (TPSA) is 99.6 Å². The standard InChI is InChI=1S/C13H21N3O4S/c1-9(2)7-11(13(17)18)15-21(19,20)10-5-6-12(14-8-10)16(3)4/h5-6,8-9,11,15H,7H2,1-4H3,(H,17,18)/t11-/m1/s1. The van der Waals surface area contributed by atoms with Crippen molar-refractivity contribution in [2.45, 2.75) is 31.2 Å². The summed E-state index contributed by atoms with van der Waals surface area (Å²) < 4.78 is 26.6. The zero-order valence-electron chi connectivity index (χ0n) is 12.6. The van der Waals surface area contributed by atoms with Crippen molar-refractivity contribution in [3.63, 3.8) is 0 Å². The fourth-order valence-electron chi connectivity index (χ4n) is 1.72. The average Bonchev–Trinajstić information content (AvgIpc) is 2.37. The van der Waals surface area contributed by atoms with Gasteiger partial charge >= 0.3 is 5.97 Å². The van der Waals surface area contributed by atoms with Crippen LogP contribution in [0.3, 0.4) is 0 Å². The Kier molecular flexibility index (Phi) is 5.68. The van der Waals surface area contributed by atoms with Crippen LogP contribution in [0.5, 0.6) is 0 Å². The molecule has 2 N–H and O–H groups in total. The van der Waals surface area contributed by atoms with Crippen molar-refractivity contribution in [1.29, 1.82) is 0 Å². The van der Waals surface area contributed by atoms with Gasteiger partial charge in [-0.1, -0.05) is 13.8 Å². The SMILES string of the molecule is CC(C)C[C@@H](NS(=O)(=O)c1ccc(N(C)C)nc1)C(=O)O. The lowest BCUT2D eigenvalue weighted by Gasteiger charge is -2.17. The third kappa shape index (κ3) is 4.98. The van der Waals surface area contributed by atoms with E-state index < -0.39 is 22.0 Å². The first-order valence-electron chi connectivity index (χ1n) is 6.52. The number of sulfonamides is 1. The molecule has 0 aromatic carbocycles. The van der Waals surface area contributed by atoms with Crippen LogP contribution in [0.4, 0.5) is 5.82 Å². The Bertz CT molecular complexity index is 582. The maximum Gasteiger partial charge on any atom is 0.321 e. The van der Waals surface area contributed by atoms with E-state index in [0.717, 1.165) is 0 Å². The second kappa shape index (κ2) is 6.86. The summed E-state index contributed by atoms with van der Waals surface area (Å²) in [7, 11) is -0.325. The summed E-state index contributed by atoms with van der Waals surface area (Å²) in [6, 6.07) is 1.81. The van der Waals surface area contributed by atoms with Crippen LogP contribution in [0.2, 0.25) is 0 Å². The highest BCUT2D eigenvalue weighted by molar-refractivity contribution is 7.89. The molecule has 0 aliphatic carbocycles. The van der Waals surface area contributed by atoms with E-state index in [1.165, 1.54) is 12.3 Å². The molecule has 0 amide bonds. The summed E-state index contributed by atoms with van der Waals surface area (Å²) in [5.41, 5.74) is 0. The normalized spacial score (nSPS) is 13.2. The molecule has 0 spiro atoms. The first-order chi connectivity index (χ1) is 9.63. The fourth-order valence-corrected chi connectivity index (χ4v) is 2.87. The Morgan fingerprint density at radius 3 is 2.38 bits per heavy atom. The average molecular weight is 315 g/mol. The maximum atomic E-state index is 12.2. The predicted molar refractivity (Wildman–Crippen MR) is 79.8 cm³/mol. The molecular formula is C13H21N3O4S. The summed E-state index contributed by atoms with van der Waals surface area (Å²) in [4.78, 5) is 16.8. The van der Waals surface area contributed by atoms with Crippen molar-refractivity contribution in [3.8, 4) is 0 Å². The summed E-state index contributed by atoms with van der Waals surface area (Å²) in [5, 5.41) is 9.10. The second-order valence-corrected chi connectivity index (χ2v) is 7.10. The Balaban J connectivity index is 2.96. The number of carboxylic acids is 1. The van der Waals surface area contributed by atoms with Crippen molar-refractivity contribution in [1.82, 2.24) is 9.71 Å². The van der Waals surface area contributed by atoms with Gasteiger partial charge in [0, 0.05) is 20.3 Å². The highest BCUT2D eigenvalue weighted by atomic mass is 32.2. The molecule has 1 atom stereocenters. The summed E-state index contributed by atoms with van der Waals surface area (Å²) in [5.74, 6) is -0.515. The van der Waals surface area contributed by atoms with Gasteiger partial charge in [0.1, 0.15) is 16.8 Å². The molecule has 21 heavy (non-hydrogen) atoms. The van der Waals surface area contributed by atoms with Gasteiger partial charge in [0.05, 0.1) is 0 Å². The van der Waals surface area contributed by atoms with E-state index in [-0.39, 0.29) is 17.2 Å². The van der Waals surface area contributed by atoms with Crippen LogP contribution >= 0.6 is 0 Å². The van der Waals surface area contributed by atoms with E-state index in [2.05, 4.69) is 9.71 Å². The van der Waals surface area contributed by atoms with Gasteiger partial charge in [0.2, 0.25) is 10.0 Å². The molecule has 0 saturated heterocycles. The summed E-state index contributed by atoms with van der Waals surface area (Å²) >= 11 is 0. The largest absolute Gasteiger partial charge is 0.480 e. The summed E-state index contributed by atoms with van der Waals surface area (Å²) in [6.07, 6.45) is 1.43. The van der Waals surface area contributed by atoms with Gasteiger partial charge in [0.15, 0.2) is 0 Å². The van der Waals surface area contributed by atoms with Crippen LogP contribution in [0.25, 0.3) is 0 Å². The van der Waals surface area contributed by atoms with Gasteiger partial charge in [-0.2, -0.15) is 4.72 Å². The molecule has 0 aliphatic heterocycles. The minimum Gasteiger partial charge on any atom is -0.480 e. The number of pyridine rings is 1. The molecule has 1 aromatic heterocycles. The first-order valence-corrected chi connectivity index (χ1v) is 8.00. The van der Waals surface area contributed by atoms with Gasteiger partial charge in [-0.25, -0.2) is 13.4 Å². The number of carboxylic acid groups (broad SMARTS) is 1. The van der Waals surface area contributed by atoms with Crippen molar-refractivity contribution < 1.29 is 18.3 Å². The maximum absolute atomic E-state index is 12.2. The molecule has 1 aromatic rings. The molecule has 0 bridgehead atoms. The van der Waals surface area contributed by atoms with Gasteiger partial charge in [-0.15, -0.1) is 0 Å². The molecule has 0 radical (unpaired) electrons. The molecule has 0 saturated carbocycles. The number of hydrogen-bond acceptors (Lipinski definition) is 5. The predicted octanol–water partition coefficient (Wildman–Crippen LogP) is 0.925. The van der Waals surface area contributed by atoms with Crippen molar-refractivity contribution >= 4 is 21.8 Å². The van der Waals surface area contributed by atoms with Gasteiger partial charge in [-0.05, 0) is 24.5 Å². The van der Waals surface area contributed by atoms with Crippen LogP contribution in [-0.2, 0) is 14.8 Å². The zero-order valence-corrected chi connectivity index (χ0v) is 13.4. The van der Waals surface area contributed by atoms with Crippen LogP contribution in [-0.4, -0.2) is 44.6 Å². The number of carbonyl (C=O) groups is 1. The minimum absolute atomic E-state index is 0.0527. The van der Waals surface area contributed by atoms with E-state index in [1.54, 1.807) is 25.1 Å². The number of aromatic nitrogens is 1. The fraction of sp³-hybridized carbons (Fsp3) is 0.538. The van der Waals surface area contributed by atoms with Gasteiger partial charge < -0.3 is 10.0 Å². The second-order valence-electron chi connectivity index (χ2n) is 5.39. The molecule has 1 heterocycles. The van der Waals surface area contributed by atoms with E-state index in [9.17, 15) is 13.2 Å².